The van der Waals surface area contributed by atoms with Crippen LogP contribution in [0.5, 0.6) is 34.5 Å². The Hall–Kier alpha value is -3.39. The lowest BCUT2D eigenvalue weighted by Crippen LogP contribution is -2.49. The number of ketones is 1. The Labute approximate surface area is 178 Å². The summed E-state index contributed by atoms with van der Waals surface area (Å²) in [4.78, 5) is 13.6. The molecule has 0 amide bonds. The molecule has 0 saturated heterocycles. The summed E-state index contributed by atoms with van der Waals surface area (Å²) in [5.74, 6) is 0.260. The van der Waals surface area contributed by atoms with Gasteiger partial charge in [0.2, 0.25) is 6.29 Å². The summed E-state index contributed by atoms with van der Waals surface area (Å²) in [5.41, 5.74) is 2.04. The van der Waals surface area contributed by atoms with Gasteiger partial charge in [0.25, 0.3) is 0 Å². The van der Waals surface area contributed by atoms with E-state index in [2.05, 4.69) is 6.58 Å². The highest BCUT2D eigenvalue weighted by molar-refractivity contribution is 6.08. The Morgan fingerprint density at radius 2 is 1.81 bits per heavy atom. The number of methoxy groups -OCH3 is 2. The molecule has 0 spiro atoms. The maximum absolute atomic E-state index is 13.6. The van der Waals surface area contributed by atoms with E-state index in [0.717, 1.165) is 5.57 Å². The SMILES string of the molecule is C=C(C)[C@H]1Cc2c(cc(O)c3c2O[C@H]2[C@@H](O)Oc4cc(OC)c(OC)cc4[C@@H]2C3=O)O1. The number of Topliss-reactive ketones (excluding diaryl/α,β-unsaturated/α-hetero) is 1. The molecule has 0 aromatic heterocycles. The number of hydrogen-bond donors (Lipinski definition) is 2. The van der Waals surface area contributed by atoms with Crippen LogP contribution < -0.4 is 23.7 Å². The largest absolute Gasteiger partial charge is 0.507 e. The predicted molar refractivity (Wildman–Crippen MR) is 109 cm³/mol. The summed E-state index contributed by atoms with van der Waals surface area (Å²) in [6.45, 7) is 5.77. The maximum Gasteiger partial charge on any atom is 0.235 e. The van der Waals surface area contributed by atoms with E-state index in [0.29, 0.717) is 34.8 Å². The number of aliphatic hydroxyl groups is 1. The van der Waals surface area contributed by atoms with Crippen molar-refractivity contribution in [2.75, 3.05) is 14.2 Å². The molecule has 0 radical (unpaired) electrons. The molecule has 2 aromatic rings. The van der Waals surface area contributed by atoms with Gasteiger partial charge in [-0.3, -0.25) is 4.79 Å². The first-order valence-corrected chi connectivity index (χ1v) is 9.86. The van der Waals surface area contributed by atoms with Crippen LogP contribution in [0.25, 0.3) is 0 Å². The van der Waals surface area contributed by atoms with Crippen molar-refractivity contribution in [3.8, 4) is 34.5 Å². The van der Waals surface area contributed by atoms with E-state index < -0.39 is 18.3 Å². The van der Waals surface area contributed by atoms with Crippen LogP contribution in [0.15, 0.2) is 30.4 Å². The third-order valence-electron chi connectivity index (χ3n) is 6.02. The van der Waals surface area contributed by atoms with Crippen molar-refractivity contribution in [1.82, 2.24) is 0 Å². The third-order valence-corrected chi connectivity index (χ3v) is 6.02. The molecule has 2 N–H and O–H groups in total. The number of phenols is 1. The van der Waals surface area contributed by atoms with Gasteiger partial charge in [-0.2, -0.15) is 0 Å². The van der Waals surface area contributed by atoms with Crippen molar-refractivity contribution >= 4 is 5.78 Å². The number of rotatable bonds is 3. The second-order valence-corrected chi connectivity index (χ2v) is 7.91. The number of fused-ring (bicyclic) bond motifs is 6. The van der Waals surface area contributed by atoms with Gasteiger partial charge in [-0.15, -0.1) is 0 Å². The van der Waals surface area contributed by atoms with Crippen molar-refractivity contribution in [1.29, 1.82) is 0 Å². The summed E-state index contributed by atoms with van der Waals surface area (Å²) >= 11 is 0. The van der Waals surface area contributed by atoms with Crippen molar-refractivity contribution in [2.24, 2.45) is 0 Å². The molecule has 3 aliphatic rings. The van der Waals surface area contributed by atoms with Crippen LogP contribution in [0.4, 0.5) is 0 Å². The number of carbonyl (C=O) groups is 1. The molecular weight excluding hydrogens is 404 g/mol. The van der Waals surface area contributed by atoms with Crippen LogP contribution in [-0.4, -0.2) is 48.7 Å². The van der Waals surface area contributed by atoms with Gasteiger partial charge < -0.3 is 33.9 Å². The van der Waals surface area contributed by atoms with Gasteiger partial charge in [0.1, 0.15) is 34.7 Å². The van der Waals surface area contributed by atoms with E-state index >= 15 is 0 Å². The van der Waals surface area contributed by atoms with E-state index in [-0.39, 0.29) is 34.7 Å². The highest BCUT2D eigenvalue weighted by Gasteiger charge is 2.50. The van der Waals surface area contributed by atoms with Crippen LogP contribution in [0.3, 0.4) is 0 Å². The summed E-state index contributed by atoms with van der Waals surface area (Å²) in [5, 5.41) is 21.3. The second-order valence-electron chi connectivity index (χ2n) is 7.91. The van der Waals surface area contributed by atoms with Crippen LogP contribution in [0, 0.1) is 0 Å². The van der Waals surface area contributed by atoms with Gasteiger partial charge in [0.05, 0.1) is 20.1 Å². The zero-order valence-corrected chi connectivity index (χ0v) is 17.3. The molecule has 4 atom stereocenters. The predicted octanol–water partition coefficient (Wildman–Crippen LogP) is 2.73. The van der Waals surface area contributed by atoms with Gasteiger partial charge in [0.15, 0.2) is 23.4 Å². The molecule has 5 rings (SSSR count). The third kappa shape index (κ3) is 2.75. The molecule has 0 fully saturated rings. The molecule has 162 valence electrons. The smallest absolute Gasteiger partial charge is 0.235 e. The Morgan fingerprint density at radius 3 is 2.48 bits per heavy atom. The van der Waals surface area contributed by atoms with E-state index in [1.165, 1.54) is 20.3 Å². The average Bonchev–Trinajstić information content (AvgIpc) is 3.17. The Bertz CT molecular complexity index is 1120. The lowest BCUT2D eigenvalue weighted by atomic mass is 9.80. The number of phenolic OH excluding ortho intramolecular Hbond substituents is 1. The first-order chi connectivity index (χ1) is 14.8. The van der Waals surface area contributed by atoms with Crippen molar-refractivity contribution in [3.63, 3.8) is 0 Å². The quantitative estimate of drug-likeness (QED) is 0.722. The summed E-state index contributed by atoms with van der Waals surface area (Å²) in [7, 11) is 2.97. The number of aliphatic hydroxyl groups excluding tert-OH is 1. The van der Waals surface area contributed by atoms with Gasteiger partial charge in [-0.05, 0) is 18.6 Å². The first-order valence-electron chi connectivity index (χ1n) is 9.86. The van der Waals surface area contributed by atoms with Crippen molar-refractivity contribution < 1.29 is 38.7 Å². The topological polar surface area (TPSA) is 104 Å². The molecular formula is C23H22O8. The normalized spacial score (nSPS) is 25.1. The number of ether oxygens (including phenoxy) is 5. The zero-order valence-electron chi connectivity index (χ0n) is 17.3. The lowest BCUT2D eigenvalue weighted by Gasteiger charge is -2.40. The molecule has 0 aliphatic carbocycles. The summed E-state index contributed by atoms with van der Waals surface area (Å²) in [6, 6.07) is 4.63. The first kappa shape index (κ1) is 19.6. The number of aromatic hydroxyl groups is 1. The molecule has 0 saturated carbocycles. The van der Waals surface area contributed by atoms with Crippen LogP contribution in [-0.2, 0) is 6.42 Å². The minimum Gasteiger partial charge on any atom is -0.507 e. The molecule has 0 bridgehead atoms. The van der Waals surface area contributed by atoms with Gasteiger partial charge in [-0.25, -0.2) is 0 Å². The van der Waals surface area contributed by atoms with Crippen LogP contribution in [0.2, 0.25) is 0 Å². The zero-order chi connectivity index (χ0) is 22.0. The average molecular weight is 426 g/mol. The molecule has 31 heavy (non-hydrogen) atoms. The molecule has 3 aliphatic heterocycles. The lowest BCUT2D eigenvalue weighted by molar-refractivity contribution is -0.112. The molecule has 8 heteroatoms. The Kier molecular flexibility index (Phi) is 4.30. The van der Waals surface area contributed by atoms with E-state index in [1.54, 1.807) is 12.1 Å². The van der Waals surface area contributed by atoms with Crippen LogP contribution in [0.1, 0.15) is 34.3 Å². The molecule has 0 unspecified atom stereocenters. The molecule has 2 aromatic carbocycles. The van der Waals surface area contributed by atoms with Crippen LogP contribution >= 0.6 is 0 Å². The summed E-state index contributed by atoms with van der Waals surface area (Å²) < 4.78 is 28.3. The maximum atomic E-state index is 13.6. The van der Waals surface area contributed by atoms with E-state index in [1.807, 2.05) is 6.92 Å². The van der Waals surface area contributed by atoms with Gasteiger partial charge in [-0.1, -0.05) is 6.58 Å². The number of hydrogen-bond acceptors (Lipinski definition) is 8. The second kappa shape index (κ2) is 6.81. The Morgan fingerprint density at radius 1 is 1.10 bits per heavy atom. The molecule has 3 heterocycles. The fourth-order valence-corrected chi connectivity index (χ4v) is 4.45. The number of benzene rings is 2. The van der Waals surface area contributed by atoms with E-state index in [4.69, 9.17) is 23.7 Å². The monoisotopic (exact) mass is 426 g/mol. The fraction of sp³-hybridized carbons (Fsp3) is 0.348. The minimum absolute atomic E-state index is 0.0702. The highest BCUT2D eigenvalue weighted by atomic mass is 16.6. The summed E-state index contributed by atoms with van der Waals surface area (Å²) in [6.07, 6.45) is -2.22. The Balaban J connectivity index is 1.65. The molecule has 8 nitrogen and oxygen atoms in total. The van der Waals surface area contributed by atoms with Crippen molar-refractivity contribution in [2.45, 2.75) is 37.8 Å². The van der Waals surface area contributed by atoms with E-state index in [9.17, 15) is 15.0 Å². The standard InChI is InChI=1S/C23H22O8/c1-9(2)13-6-11-14(29-13)7-12(24)19-20(25)18-10-5-16(27-3)17(28-4)8-15(10)30-23(26)22(18)31-21(11)19/h5,7-8,13,18,22-24,26H,1,6H2,2-4H3/t13-,18-,22-,23+/m1/s1. The fourth-order valence-electron chi connectivity index (χ4n) is 4.45. The highest BCUT2D eigenvalue weighted by Crippen LogP contribution is 2.53. The minimum atomic E-state index is -1.40. The van der Waals surface area contributed by atoms with Gasteiger partial charge >= 0.3 is 0 Å². The van der Waals surface area contributed by atoms with Gasteiger partial charge in [0, 0.05) is 29.7 Å². The number of carbonyl (C=O) groups excluding carboxylic acids is 1. The van der Waals surface area contributed by atoms with Crippen molar-refractivity contribution in [3.05, 3.63) is 47.0 Å².